The number of nitrogens with zero attached hydrogens (tertiary/aromatic N) is 2. The number of hydrogen-bond donors (Lipinski definition) is 2. The Bertz CT molecular complexity index is 710. The maximum absolute atomic E-state index is 12.5. The lowest BCUT2D eigenvalue weighted by atomic mass is 10.1. The Morgan fingerprint density at radius 3 is 2.85 bits per heavy atom. The maximum atomic E-state index is 12.5. The first-order valence-electron chi connectivity index (χ1n) is 6.61. The molecule has 1 aromatic carbocycles. The average Bonchev–Trinajstić information content (AvgIpc) is 2.47. The molecular formula is C14H15N3O3. The summed E-state index contributed by atoms with van der Waals surface area (Å²) in [5.41, 5.74) is -0.0786. The zero-order valence-corrected chi connectivity index (χ0v) is 10.9. The maximum Gasteiger partial charge on any atom is 0.275 e. The van der Waals surface area contributed by atoms with Crippen LogP contribution >= 0.6 is 0 Å². The van der Waals surface area contributed by atoms with Crippen molar-refractivity contribution in [1.29, 1.82) is 0 Å². The average molecular weight is 273 g/mol. The van der Waals surface area contributed by atoms with E-state index < -0.39 is 6.10 Å². The van der Waals surface area contributed by atoms with E-state index in [-0.39, 0.29) is 17.2 Å². The van der Waals surface area contributed by atoms with Crippen molar-refractivity contribution in [1.82, 2.24) is 15.1 Å². The molecule has 1 amide bonds. The zero-order chi connectivity index (χ0) is 14.1. The summed E-state index contributed by atoms with van der Waals surface area (Å²) in [4.78, 5) is 25.8. The molecule has 1 saturated heterocycles. The monoisotopic (exact) mass is 273 g/mol. The molecule has 2 aromatic rings. The van der Waals surface area contributed by atoms with Gasteiger partial charge < -0.3 is 10.0 Å². The summed E-state index contributed by atoms with van der Waals surface area (Å²) in [6.45, 7) is 0.916. The number of likely N-dealkylation sites (tertiary alicyclic amines) is 1. The fraction of sp³-hybridized carbons (Fsp3) is 0.357. The van der Waals surface area contributed by atoms with Gasteiger partial charge in [0.2, 0.25) is 0 Å². The highest BCUT2D eigenvalue weighted by molar-refractivity contribution is 6.04. The molecule has 1 unspecified atom stereocenters. The van der Waals surface area contributed by atoms with Crippen LogP contribution < -0.4 is 5.56 Å². The lowest BCUT2D eigenvalue weighted by molar-refractivity contribution is 0.0470. The zero-order valence-electron chi connectivity index (χ0n) is 10.9. The van der Waals surface area contributed by atoms with Crippen molar-refractivity contribution < 1.29 is 9.90 Å². The third kappa shape index (κ3) is 2.18. The quantitative estimate of drug-likeness (QED) is 0.793. The molecule has 20 heavy (non-hydrogen) atoms. The number of β-amino-alcohol motifs (C(OH)–C–C–N with tert-alkyl or cyclic N) is 1. The van der Waals surface area contributed by atoms with Crippen LogP contribution in [-0.2, 0) is 0 Å². The Morgan fingerprint density at radius 2 is 2.10 bits per heavy atom. The number of amides is 1. The van der Waals surface area contributed by atoms with Crippen LogP contribution in [0.25, 0.3) is 10.8 Å². The van der Waals surface area contributed by atoms with Crippen LogP contribution in [0.4, 0.5) is 0 Å². The highest BCUT2D eigenvalue weighted by Gasteiger charge is 2.25. The van der Waals surface area contributed by atoms with E-state index >= 15 is 0 Å². The first-order chi connectivity index (χ1) is 9.66. The standard InChI is InChI=1S/C14H15N3O3/c18-9-4-3-7-17(8-9)14(20)12-10-5-1-2-6-11(10)13(19)16-15-12/h1-2,5-6,9,18H,3-4,7-8H2,(H,16,19). The molecule has 0 radical (unpaired) electrons. The third-order valence-electron chi connectivity index (χ3n) is 3.58. The molecule has 0 aliphatic carbocycles. The van der Waals surface area contributed by atoms with Crippen LogP contribution in [0, 0.1) is 0 Å². The van der Waals surface area contributed by atoms with Gasteiger partial charge in [-0.15, -0.1) is 0 Å². The van der Waals surface area contributed by atoms with Crippen LogP contribution in [0.2, 0.25) is 0 Å². The molecule has 2 heterocycles. The van der Waals surface area contributed by atoms with Crippen LogP contribution in [0.5, 0.6) is 0 Å². The van der Waals surface area contributed by atoms with E-state index in [0.29, 0.717) is 30.3 Å². The minimum absolute atomic E-state index is 0.231. The molecule has 1 aliphatic rings. The molecule has 1 aromatic heterocycles. The van der Waals surface area contributed by atoms with Gasteiger partial charge in [0.25, 0.3) is 11.5 Å². The van der Waals surface area contributed by atoms with Crippen molar-refractivity contribution >= 4 is 16.7 Å². The Kier molecular flexibility index (Phi) is 3.23. The van der Waals surface area contributed by atoms with Crippen molar-refractivity contribution in [3.63, 3.8) is 0 Å². The van der Waals surface area contributed by atoms with Crippen LogP contribution in [-0.4, -0.2) is 45.3 Å². The first kappa shape index (κ1) is 12.8. The van der Waals surface area contributed by atoms with Crippen molar-refractivity contribution in [3.05, 3.63) is 40.3 Å². The molecule has 3 rings (SSSR count). The minimum atomic E-state index is -0.485. The highest BCUT2D eigenvalue weighted by Crippen LogP contribution is 2.17. The number of carbonyl (C=O) groups excluding carboxylic acids is 1. The number of carbonyl (C=O) groups is 1. The summed E-state index contributed by atoms with van der Waals surface area (Å²) in [6, 6.07) is 6.89. The Labute approximate surface area is 115 Å². The van der Waals surface area contributed by atoms with E-state index in [2.05, 4.69) is 10.2 Å². The largest absolute Gasteiger partial charge is 0.391 e. The molecule has 1 fully saturated rings. The lowest BCUT2D eigenvalue weighted by Gasteiger charge is -2.29. The number of H-pyrrole nitrogens is 1. The first-order valence-corrected chi connectivity index (χ1v) is 6.61. The molecule has 104 valence electrons. The molecule has 2 N–H and O–H groups in total. The molecule has 0 spiro atoms. The number of aliphatic hydroxyl groups excluding tert-OH is 1. The van der Waals surface area contributed by atoms with E-state index in [0.717, 1.165) is 6.42 Å². The number of piperidine rings is 1. The topological polar surface area (TPSA) is 86.3 Å². The molecule has 1 atom stereocenters. The molecule has 1 aliphatic heterocycles. The molecule has 6 nitrogen and oxygen atoms in total. The van der Waals surface area contributed by atoms with E-state index in [9.17, 15) is 14.7 Å². The minimum Gasteiger partial charge on any atom is -0.391 e. The highest BCUT2D eigenvalue weighted by atomic mass is 16.3. The van der Waals surface area contributed by atoms with Gasteiger partial charge >= 0.3 is 0 Å². The number of aromatic amines is 1. The summed E-state index contributed by atoms with van der Waals surface area (Å²) in [5, 5.41) is 16.9. The second-order valence-corrected chi connectivity index (χ2v) is 4.99. The van der Waals surface area contributed by atoms with Crippen LogP contribution in [0.1, 0.15) is 23.3 Å². The van der Waals surface area contributed by atoms with Gasteiger partial charge in [0, 0.05) is 18.5 Å². The third-order valence-corrected chi connectivity index (χ3v) is 3.58. The second-order valence-electron chi connectivity index (χ2n) is 4.99. The number of aromatic nitrogens is 2. The van der Waals surface area contributed by atoms with Gasteiger partial charge in [-0.3, -0.25) is 9.59 Å². The number of fused-ring (bicyclic) bond motifs is 1. The Balaban J connectivity index is 2.04. The van der Waals surface area contributed by atoms with Gasteiger partial charge in [-0.1, -0.05) is 18.2 Å². The number of rotatable bonds is 1. The van der Waals surface area contributed by atoms with E-state index in [1.165, 1.54) is 0 Å². The predicted octanol–water partition coefficient (Wildman–Crippen LogP) is 0.520. The van der Waals surface area contributed by atoms with Gasteiger partial charge in [0.15, 0.2) is 5.69 Å². The number of aliphatic hydroxyl groups is 1. The van der Waals surface area contributed by atoms with Gasteiger partial charge in [-0.25, -0.2) is 5.10 Å². The summed E-state index contributed by atoms with van der Waals surface area (Å²) in [5.74, 6) is -0.254. The van der Waals surface area contributed by atoms with Crippen molar-refractivity contribution in [3.8, 4) is 0 Å². The van der Waals surface area contributed by atoms with Gasteiger partial charge in [-0.2, -0.15) is 5.10 Å². The van der Waals surface area contributed by atoms with E-state index in [1.54, 1.807) is 29.2 Å². The predicted molar refractivity (Wildman–Crippen MR) is 73.5 cm³/mol. The summed E-state index contributed by atoms with van der Waals surface area (Å²) in [7, 11) is 0. The smallest absolute Gasteiger partial charge is 0.275 e. The summed E-state index contributed by atoms with van der Waals surface area (Å²) in [6.07, 6.45) is 0.999. The van der Waals surface area contributed by atoms with Gasteiger partial charge in [-0.05, 0) is 18.9 Å². The normalized spacial score (nSPS) is 19.2. The van der Waals surface area contributed by atoms with Crippen LogP contribution in [0.3, 0.4) is 0 Å². The van der Waals surface area contributed by atoms with Crippen LogP contribution in [0.15, 0.2) is 29.1 Å². The molecular weight excluding hydrogens is 258 g/mol. The number of nitrogens with one attached hydrogen (secondary N) is 1. The van der Waals surface area contributed by atoms with Crippen molar-refractivity contribution in [2.75, 3.05) is 13.1 Å². The van der Waals surface area contributed by atoms with E-state index in [1.807, 2.05) is 0 Å². The molecule has 0 saturated carbocycles. The Morgan fingerprint density at radius 1 is 1.35 bits per heavy atom. The molecule has 0 bridgehead atoms. The number of benzene rings is 1. The van der Waals surface area contributed by atoms with Crippen molar-refractivity contribution in [2.45, 2.75) is 18.9 Å². The fourth-order valence-electron chi connectivity index (χ4n) is 2.57. The van der Waals surface area contributed by atoms with E-state index in [4.69, 9.17) is 0 Å². The fourth-order valence-corrected chi connectivity index (χ4v) is 2.57. The summed E-state index contributed by atoms with van der Waals surface area (Å²) < 4.78 is 0. The summed E-state index contributed by atoms with van der Waals surface area (Å²) >= 11 is 0. The SMILES string of the molecule is O=C(c1n[nH]c(=O)c2ccccc12)N1CCCC(O)C1. The number of hydrogen-bond acceptors (Lipinski definition) is 4. The second kappa shape index (κ2) is 5.05. The lowest BCUT2D eigenvalue weighted by Crippen LogP contribution is -2.42. The van der Waals surface area contributed by atoms with Crippen molar-refractivity contribution in [2.24, 2.45) is 0 Å². The van der Waals surface area contributed by atoms with Gasteiger partial charge in [0.05, 0.1) is 11.5 Å². The Hall–Kier alpha value is -2.21. The molecule has 6 heteroatoms. The van der Waals surface area contributed by atoms with Gasteiger partial charge in [0.1, 0.15) is 0 Å².